The molecule has 0 fully saturated rings. The van der Waals surface area contributed by atoms with Crippen LogP contribution < -0.4 is 4.74 Å². The highest BCUT2D eigenvalue weighted by atomic mass is 35.5. The minimum absolute atomic E-state index is 0.213. The highest BCUT2D eigenvalue weighted by molar-refractivity contribution is 6.30. The molecule has 2 aromatic rings. The van der Waals surface area contributed by atoms with E-state index in [4.69, 9.17) is 16.3 Å². The summed E-state index contributed by atoms with van der Waals surface area (Å²) in [5.74, 6) is 0.706. The number of halogens is 1. The van der Waals surface area contributed by atoms with Crippen molar-refractivity contribution in [1.82, 2.24) is 0 Å². The van der Waals surface area contributed by atoms with Gasteiger partial charge in [-0.25, -0.2) is 0 Å². The van der Waals surface area contributed by atoms with Crippen LogP contribution in [0.2, 0.25) is 5.02 Å². The van der Waals surface area contributed by atoms with E-state index in [1.54, 1.807) is 6.07 Å². The van der Waals surface area contributed by atoms with Gasteiger partial charge in [-0.1, -0.05) is 48.0 Å². The Morgan fingerprint density at radius 1 is 1.17 bits per heavy atom. The number of hydrogen-bond acceptors (Lipinski definition) is 2. The van der Waals surface area contributed by atoms with Gasteiger partial charge < -0.3 is 9.84 Å². The average Bonchev–Trinajstić information content (AvgIpc) is 2.40. The number of aryl methyl sites for hydroxylation is 1. The van der Waals surface area contributed by atoms with Crippen molar-refractivity contribution >= 4 is 11.6 Å². The molecule has 0 spiro atoms. The lowest BCUT2D eigenvalue weighted by Gasteiger charge is -2.14. The van der Waals surface area contributed by atoms with Gasteiger partial charge in [0.2, 0.25) is 0 Å². The first-order valence-corrected chi connectivity index (χ1v) is 6.16. The second-order valence-corrected chi connectivity index (χ2v) is 4.58. The van der Waals surface area contributed by atoms with Crippen LogP contribution in [0, 0.1) is 6.92 Å². The van der Waals surface area contributed by atoms with Crippen LogP contribution in [0.15, 0.2) is 48.5 Å². The largest absolute Gasteiger partial charge is 0.490 e. The summed E-state index contributed by atoms with van der Waals surface area (Å²) >= 11 is 5.91. The van der Waals surface area contributed by atoms with Crippen LogP contribution in [0.4, 0.5) is 0 Å². The van der Waals surface area contributed by atoms with Gasteiger partial charge in [-0.3, -0.25) is 0 Å². The van der Waals surface area contributed by atoms with Crippen LogP contribution >= 0.6 is 11.6 Å². The molecule has 2 aromatic carbocycles. The Labute approximate surface area is 112 Å². The fourth-order valence-electron chi connectivity index (χ4n) is 1.67. The van der Waals surface area contributed by atoms with Crippen LogP contribution in [0.25, 0.3) is 0 Å². The number of benzene rings is 2. The zero-order chi connectivity index (χ0) is 13.0. The quantitative estimate of drug-likeness (QED) is 0.909. The van der Waals surface area contributed by atoms with Gasteiger partial charge in [0.25, 0.3) is 0 Å². The van der Waals surface area contributed by atoms with Gasteiger partial charge in [0, 0.05) is 5.02 Å². The van der Waals surface area contributed by atoms with Gasteiger partial charge in [-0.2, -0.15) is 0 Å². The highest BCUT2D eigenvalue weighted by Gasteiger charge is 2.09. The number of aliphatic hydroxyl groups excluding tert-OH is 1. The summed E-state index contributed by atoms with van der Waals surface area (Å²) in [6.07, 6.45) is -0.635. The van der Waals surface area contributed by atoms with Crippen LogP contribution in [-0.2, 0) is 0 Å². The van der Waals surface area contributed by atoms with Crippen molar-refractivity contribution in [3.8, 4) is 5.75 Å². The molecule has 1 atom stereocenters. The Hall–Kier alpha value is -1.51. The molecule has 0 saturated carbocycles. The summed E-state index contributed by atoms with van der Waals surface area (Å²) < 4.78 is 5.60. The fourth-order valence-corrected chi connectivity index (χ4v) is 1.83. The molecule has 0 saturated heterocycles. The van der Waals surface area contributed by atoms with E-state index in [9.17, 15) is 5.11 Å². The maximum atomic E-state index is 9.98. The Kier molecular flexibility index (Phi) is 4.24. The van der Waals surface area contributed by atoms with Gasteiger partial charge in [-0.05, 0) is 30.2 Å². The molecule has 94 valence electrons. The highest BCUT2D eigenvalue weighted by Crippen LogP contribution is 2.24. The maximum absolute atomic E-state index is 9.98. The van der Waals surface area contributed by atoms with Crippen LogP contribution in [-0.4, -0.2) is 11.7 Å². The zero-order valence-corrected chi connectivity index (χ0v) is 10.9. The Morgan fingerprint density at radius 3 is 2.61 bits per heavy atom. The summed E-state index contributed by atoms with van der Waals surface area (Å²) in [6, 6.07) is 14.9. The van der Waals surface area contributed by atoms with Crippen molar-refractivity contribution < 1.29 is 9.84 Å². The summed E-state index contributed by atoms with van der Waals surface area (Å²) in [7, 11) is 0. The molecule has 0 amide bonds. The van der Waals surface area contributed by atoms with Gasteiger partial charge >= 0.3 is 0 Å². The van der Waals surface area contributed by atoms with Crippen molar-refractivity contribution in [2.24, 2.45) is 0 Å². The molecule has 0 bridgehead atoms. The van der Waals surface area contributed by atoms with Gasteiger partial charge in [0.15, 0.2) is 0 Å². The third-order valence-corrected chi connectivity index (χ3v) is 2.97. The van der Waals surface area contributed by atoms with E-state index in [0.29, 0.717) is 10.8 Å². The molecule has 1 unspecified atom stereocenters. The predicted molar refractivity (Wildman–Crippen MR) is 73.1 cm³/mol. The van der Waals surface area contributed by atoms with E-state index in [1.807, 2.05) is 49.4 Å². The molecule has 18 heavy (non-hydrogen) atoms. The first kappa shape index (κ1) is 12.9. The van der Waals surface area contributed by atoms with E-state index in [2.05, 4.69) is 0 Å². The van der Waals surface area contributed by atoms with E-state index in [-0.39, 0.29) is 6.61 Å². The minimum Gasteiger partial charge on any atom is -0.490 e. The Balaban J connectivity index is 2.01. The number of hydrogen-bond donors (Lipinski definition) is 1. The molecule has 0 aliphatic carbocycles. The zero-order valence-electron chi connectivity index (χ0n) is 10.1. The molecule has 0 radical (unpaired) electrons. The third-order valence-electron chi connectivity index (χ3n) is 2.73. The molecular weight excluding hydrogens is 248 g/mol. The lowest BCUT2D eigenvalue weighted by molar-refractivity contribution is 0.108. The standard InChI is InChI=1S/C15H15ClO2/c1-11-7-8-13(16)9-15(11)18-10-14(17)12-5-3-2-4-6-12/h2-9,14,17H,10H2,1H3. The lowest BCUT2D eigenvalue weighted by atomic mass is 10.1. The SMILES string of the molecule is Cc1ccc(Cl)cc1OCC(O)c1ccccc1. The molecule has 0 aliphatic rings. The van der Waals surface area contributed by atoms with Crippen molar-refractivity contribution in [1.29, 1.82) is 0 Å². The maximum Gasteiger partial charge on any atom is 0.123 e. The Morgan fingerprint density at radius 2 is 1.89 bits per heavy atom. The van der Waals surface area contributed by atoms with Crippen molar-refractivity contribution in [2.75, 3.05) is 6.61 Å². The molecule has 0 heterocycles. The van der Waals surface area contributed by atoms with Crippen LogP contribution in [0.1, 0.15) is 17.2 Å². The second-order valence-electron chi connectivity index (χ2n) is 4.15. The van der Waals surface area contributed by atoms with E-state index < -0.39 is 6.10 Å². The molecule has 0 aromatic heterocycles. The van der Waals surface area contributed by atoms with Crippen LogP contribution in [0.3, 0.4) is 0 Å². The topological polar surface area (TPSA) is 29.5 Å². The van der Waals surface area contributed by atoms with Gasteiger partial charge in [0.05, 0.1) is 0 Å². The normalized spacial score (nSPS) is 12.2. The number of rotatable bonds is 4. The second kappa shape index (κ2) is 5.89. The lowest BCUT2D eigenvalue weighted by Crippen LogP contribution is -2.10. The summed E-state index contributed by atoms with van der Waals surface area (Å²) in [4.78, 5) is 0. The minimum atomic E-state index is -0.635. The smallest absolute Gasteiger partial charge is 0.123 e. The first-order chi connectivity index (χ1) is 8.66. The Bertz CT molecular complexity index is 511. The number of ether oxygens (including phenoxy) is 1. The summed E-state index contributed by atoms with van der Waals surface area (Å²) in [6.45, 7) is 2.16. The van der Waals surface area contributed by atoms with Gasteiger partial charge in [0.1, 0.15) is 18.5 Å². The van der Waals surface area contributed by atoms with Crippen molar-refractivity contribution in [3.63, 3.8) is 0 Å². The monoisotopic (exact) mass is 262 g/mol. The third kappa shape index (κ3) is 3.25. The van der Waals surface area contributed by atoms with Gasteiger partial charge in [-0.15, -0.1) is 0 Å². The molecule has 2 nitrogen and oxygen atoms in total. The summed E-state index contributed by atoms with van der Waals surface area (Å²) in [5.41, 5.74) is 1.84. The van der Waals surface area contributed by atoms with E-state index >= 15 is 0 Å². The predicted octanol–water partition coefficient (Wildman–Crippen LogP) is 3.76. The fraction of sp³-hybridized carbons (Fsp3) is 0.200. The molecule has 3 heteroatoms. The van der Waals surface area contributed by atoms with Crippen LogP contribution in [0.5, 0.6) is 5.75 Å². The van der Waals surface area contributed by atoms with Crippen molar-refractivity contribution in [2.45, 2.75) is 13.0 Å². The van der Waals surface area contributed by atoms with Crippen molar-refractivity contribution in [3.05, 3.63) is 64.7 Å². The van der Waals surface area contributed by atoms with E-state index in [1.165, 1.54) is 0 Å². The van der Waals surface area contributed by atoms with E-state index in [0.717, 1.165) is 11.1 Å². The molecule has 0 aliphatic heterocycles. The molecule has 2 rings (SSSR count). The average molecular weight is 263 g/mol. The molecule has 1 N–H and O–H groups in total. The molecular formula is C15H15ClO2. The first-order valence-electron chi connectivity index (χ1n) is 5.79. The number of aliphatic hydroxyl groups is 1. The summed E-state index contributed by atoms with van der Waals surface area (Å²) in [5, 5.41) is 10.6.